The summed E-state index contributed by atoms with van der Waals surface area (Å²) in [6.45, 7) is 2.05. The average molecular weight is 405 g/mol. The Morgan fingerprint density at radius 3 is 2.69 bits per heavy atom. The number of nitrogens with one attached hydrogen (secondary N) is 1. The highest BCUT2D eigenvalue weighted by molar-refractivity contribution is 7.23. The van der Waals surface area contributed by atoms with E-state index in [9.17, 15) is 5.11 Å². The third kappa shape index (κ3) is 3.70. The molecule has 4 aromatic rings. The maximum Gasteiger partial charge on any atom is 0.167 e. The summed E-state index contributed by atoms with van der Waals surface area (Å²) >= 11 is 1.60. The Labute approximate surface area is 171 Å². The number of aromatic nitrogens is 2. The number of phenolic OH excluding ortho intramolecular Hbond substituents is 1. The monoisotopic (exact) mass is 405 g/mol. The van der Waals surface area contributed by atoms with E-state index in [1.807, 2.05) is 31.2 Å². The van der Waals surface area contributed by atoms with Gasteiger partial charge in [-0.3, -0.25) is 5.43 Å². The van der Waals surface area contributed by atoms with Crippen LogP contribution < -0.4 is 15.9 Å². The first kappa shape index (κ1) is 18.7. The van der Waals surface area contributed by atoms with E-state index in [1.165, 1.54) is 13.4 Å². The Bertz CT molecular complexity index is 1200. The number of aryl methyl sites for hydroxylation is 1. The van der Waals surface area contributed by atoms with Gasteiger partial charge >= 0.3 is 0 Å². The Balaban J connectivity index is 1.63. The van der Waals surface area contributed by atoms with E-state index in [0.29, 0.717) is 11.6 Å². The van der Waals surface area contributed by atoms with Gasteiger partial charge in [0, 0.05) is 10.6 Å². The molecule has 0 saturated heterocycles. The lowest BCUT2D eigenvalue weighted by atomic mass is 10.1. The highest BCUT2D eigenvalue weighted by Gasteiger charge is 2.15. The number of ether oxygens (including phenoxy) is 1. The summed E-state index contributed by atoms with van der Waals surface area (Å²) in [5.41, 5.74) is 13.3. The van der Waals surface area contributed by atoms with Crippen LogP contribution in [0.2, 0.25) is 0 Å². The number of nitrogen functional groups attached to an aromatic ring is 1. The first-order valence-corrected chi connectivity index (χ1v) is 9.64. The normalized spacial score (nSPS) is 11.2. The van der Waals surface area contributed by atoms with Crippen LogP contribution in [0.3, 0.4) is 0 Å². The number of nitrogens with two attached hydrogens (primary N) is 1. The molecular weight excluding hydrogens is 386 g/mol. The summed E-state index contributed by atoms with van der Waals surface area (Å²) in [7, 11) is 1.51. The van der Waals surface area contributed by atoms with E-state index in [4.69, 9.17) is 10.5 Å². The largest absolute Gasteiger partial charge is 0.504 e. The molecule has 0 amide bonds. The quantitative estimate of drug-likeness (QED) is 0.258. The second-order valence-electron chi connectivity index (χ2n) is 6.38. The fourth-order valence-corrected chi connectivity index (χ4v) is 4.17. The van der Waals surface area contributed by atoms with Gasteiger partial charge in [0.25, 0.3) is 0 Å². The fourth-order valence-electron chi connectivity index (χ4n) is 2.97. The molecule has 0 atom stereocenters. The lowest BCUT2D eigenvalue weighted by Crippen LogP contribution is -1.95. The molecule has 2 heterocycles. The molecule has 0 spiro atoms. The molecule has 0 unspecified atom stereocenters. The zero-order chi connectivity index (χ0) is 20.4. The zero-order valence-electron chi connectivity index (χ0n) is 15.9. The van der Waals surface area contributed by atoms with Gasteiger partial charge < -0.3 is 15.6 Å². The number of fused-ring (bicyclic) bond motifs is 1. The Morgan fingerprint density at radius 2 is 1.97 bits per heavy atom. The van der Waals surface area contributed by atoms with Crippen molar-refractivity contribution >= 4 is 39.3 Å². The minimum atomic E-state index is 0.0582. The van der Waals surface area contributed by atoms with E-state index in [1.54, 1.807) is 35.8 Å². The number of nitrogens with zero attached hydrogens (tertiary/aromatic N) is 3. The number of thiophene rings is 1. The predicted molar refractivity (Wildman–Crippen MR) is 118 cm³/mol. The molecule has 29 heavy (non-hydrogen) atoms. The second kappa shape index (κ2) is 7.76. The standard InChI is InChI=1S/C21H19N5O2S/c1-12-18-20(29-19(12)14-4-6-15(22)7-5-14)21(24-11-23-18)26-25-10-13-3-8-17(28-2)16(27)9-13/h3-11,27H,22H2,1-2H3,(H,23,24,26). The number of rotatable bonds is 5. The van der Waals surface area contributed by atoms with Crippen LogP contribution in [0.15, 0.2) is 53.9 Å². The maximum absolute atomic E-state index is 9.87. The molecule has 0 aliphatic carbocycles. The summed E-state index contributed by atoms with van der Waals surface area (Å²) < 4.78 is 5.97. The number of anilines is 2. The zero-order valence-corrected chi connectivity index (χ0v) is 16.7. The summed E-state index contributed by atoms with van der Waals surface area (Å²) in [4.78, 5) is 9.89. The first-order chi connectivity index (χ1) is 14.1. The molecule has 8 heteroatoms. The van der Waals surface area contributed by atoms with Crippen molar-refractivity contribution < 1.29 is 9.84 Å². The van der Waals surface area contributed by atoms with Crippen LogP contribution in [-0.2, 0) is 0 Å². The van der Waals surface area contributed by atoms with Gasteiger partial charge in [-0.25, -0.2) is 9.97 Å². The third-order valence-electron chi connectivity index (χ3n) is 4.46. The number of benzene rings is 2. The van der Waals surface area contributed by atoms with Crippen LogP contribution in [0.4, 0.5) is 11.5 Å². The van der Waals surface area contributed by atoms with Crippen molar-refractivity contribution in [3.8, 4) is 21.9 Å². The van der Waals surface area contributed by atoms with Crippen molar-refractivity contribution in [2.24, 2.45) is 5.10 Å². The minimum absolute atomic E-state index is 0.0582. The molecule has 7 nitrogen and oxygen atoms in total. The van der Waals surface area contributed by atoms with Crippen molar-refractivity contribution in [3.05, 3.63) is 59.9 Å². The molecule has 4 rings (SSSR count). The van der Waals surface area contributed by atoms with Gasteiger partial charge in [0.15, 0.2) is 17.3 Å². The SMILES string of the molecule is COc1ccc(C=NNc2ncnc3c(C)c(-c4ccc(N)cc4)sc23)cc1O. The lowest BCUT2D eigenvalue weighted by Gasteiger charge is -2.03. The van der Waals surface area contributed by atoms with Gasteiger partial charge in [-0.05, 0) is 53.9 Å². The summed E-state index contributed by atoms with van der Waals surface area (Å²) in [5, 5.41) is 14.1. The highest BCUT2D eigenvalue weighted by Crippen LogP contribution is 2.39. The molecule has 0 saturated carbocycles. The number of hydrazone groups is 1. The van der Waals surface area contributed by atoms with Crippen molar-refractivity contribution in [1.82, 2.24) is 9.97 Å². The van der Waals surface area contributed by atoms with Crippen LogP contribution in [0.1, 0.15) is 11.1 Å². The summed E-state index contributed by atoms with van der Waals surface area (Å²) in [5.74, 6) is 1.10. The number of hydrogen-bond donors (Lipinski definition) is 3. The highest BCUT2D eigenvalue weighted by atomic mass is 32.1. The molecular formula is C21H19N5O2S. The summed E-state index contributed by atoms with van der Waals surface area (Å²) in [6.07, 6.45) is 3.13. The van der Waals surface area contributed by atoms with E-state index in [-0.39, 0.29) is 5.75 Å². The summed E-state index contributed by atoms with van der Waals surface area (Å²) in [6, 6.07) is 12.8. The average Bonchev–Trinajstić information content (AvgIpc) is 3.06. The van der Waals surface area contributed by atoms with Crippen molar-refractivity contribution in [2.75, 3.05) is 18.3 Å². The van der Waals surface area contributed by atoms with Crippen molar-refractivity contribution in [1.29, 1.82) is 0 Å². The third-order valence-corrected chi connectivity index (χ3v) is 5.80. The van der Waals surface area contributed by atoms with Crippen LogP contribution >= 0.6 is 11.3 Å². The van der Waals surface area contributed by atoms with Gasteiger partial charge in [-0.15, -0.1) is 11.3 Å². The van der Waals surface area contributed by atoms with E-state index in [2.05, 4.69) is 20.5 Å². The van der Waals surface area contributed by atoms with Crippen molar-refractivity contribution in [2.45, 2.75) is 6.92 Å². The molecule has 0 bridgehead atoms. The molecule has 0 aliphatic heterocycles. The van der Waals surface area contributed by atoms with Gasteiger partial charge in [-0.2, -0.15) is 5.10 Å². The predicted octanol–water partition coefficient (Wildman–Crippen LogP) is 4.41. The van der Waals surface area contributed by atoms with Crippen LogP contribution in [0.5, 0.6) is 11.5 Å². The van der Waals surface area contributed by atoms with E-state index < -0.39 is 0 Å². The van der Waals surface area contributed by atoms with Gasteiger partial charge in [0.2, 0.25) is 0 Å². The smallest absolute Gasteiger partial charge is 0.167 e. The fraction of sp³-hybridized carbons (Fsp3) is 0.0952. The molecule has 2 aromatic carbocycles. The van der Waals surface area contributed by atoms with E-state index in [0.717, 1.165) is 37.5 Å². The number of methoxy groups -OCH3 is 1. The Hall–Kier alpha value is -3.65. The van der Waals surface area contributed by atoms with E-state index >= 15 is 0 Å². The van der Waals surface area contributed by atoms with Gasteiger partial charge in [0.1, 0.15) is 6.33 Å². The molecule has 0 fully saturated rings. The number of hydrogen-bond acceptors (Lipinski definition) is 8. The number of phenols is 1. The second-order valence-corrected chi connectivity index (χ2v) is 7.40. The minimum Gasteiger partial charge on any atom is -0.504 e. The molecule has 2 aromatic heterocycles. The molecule has 0 aliphatic rings. The van der Waals surface area contributed by atoms with Crippen LogP contribution in [0, 0.1) is 6.92 Å². The Kier molecular flexibility index (Phi) is 5.01. The van der Waals surface area contributed by atoms with Gasteiger partial charge in [-0.1, -0.05) is 12.1 Å². The maximum atomic E-state index is 9.87. The lowest BCUT2D eigenvalue weighted by molar-refractivity contribution is 0.373. The van der Waals surface area contributed by atoms with Gasteiger partial charge in [0.05, 0.1) is 23.5 Å². The van der Waals surface area contributed by atoms with Crippen LogP contribution in [-0.4, -0.2) is 28.4 Å². The first-order valence-electron chi connectivity index (χ1n) is 8.83. The van der Waals surface area contributed by atoms with Crippen molar-refractivity contribution in [3.63, 3.8) is 0 Å². The molecule has 4 N–H and O–H groups in total. The topological polar surface area (TPSA) is 106 Å². The number of aromatic hydroxyl groups is 1. The molecule has 146 valence electrons. The Morgan fingerprint density at radius 1 is 1.17 bits per heavy atom. The molecule has 0 radical (unpaired) electrons. The van der Waals surface area contributed by atoms with Crippen LogP contribution in [0.25, 0.3) is 20.7 Å².